The third-order valence-corrected chi connectivity index (χ3v) is 6.13. The van der Waals surface area contributed by atoms with E-state index in [1.54, 1.807) is 12.1 Å². The minimum atomic E-state index is -0.417. The van der Waals surface area contributed by atoms with Crippen LogP contribution < -0.4 is 4.90 Å². The van der Waals surface area contributed by atoms with Gasteiger partial charge in [0.1, 0.15) is 5.82 Å². The van der Waals surface area contributed by atoms with Crippen LogP contribution in [0, 0.1) is 12.7 Å². The Labute approximate surface area is 199 Å². The number of benzene rings is 2. The number of aromatic amines is 1. The molecular weight excluding hydrogens is 435 g/mol. The second-order valence-electron chi connectivity index (χ2n) is 8.24. The summed E-state index contributed by atoms with van der Waals surface area (Å²) in [7, 11) is 2.17. The first-order valence-corrected chi connectivity index (χ1v) is 11.4. The van der Waals surface area contributed by atoms with Crippen LogP contribution in [-0.2, 0) is 0 Å². The van der Waals surface area contributed by atoms with Crippen molar-refractivity contribution in [1.82, 2.24) is 14.9 Å². The van der Waals surface area contributed by atoms with Crippen molar-refractivity contribution in [2.24, 2.45) is 0 Å². The molecule has 0 aliphatic carbocycles. The third kappa shape index (κ3) is 5.81. The number of hydrogen-bond acceptors (Lipinski definition) is 3. The fourth-order valence-corrected chi connectivity index (χ4v) is 4.07. The van der Waals surface area contributed by atoms with Gasteiger partial charge in [0.2, 0.25) is 0 Å². The summed E-state index contributed by atoms with van der Waals surface area (Å²) in [5, 5.41) is 0.113. The molecular formula is C27H28ClFN4. The van der Waals surface area contributed by atoms with Gasteiger partial charge in [-0.25, -0.2) is 4.39 Å². The highest BCUT2D eigenvalue weighted by Crippen LogP contribution is 2.29. The first-order chi connectivity index (χ1) is 16.0. The molecule has 0 atom stereocenters. The summed E-state index contributed by atoms with van der Waals surface area (Å²) in [6, 6.07) is 19.4. The molecule has 0 bridgehead atoms. The smallest absolute Gasteiger partial charge is 0.141 e. The van der Waals surface area contributed by atoms with Crippen molar-refractivity contribution in [2.45, 2.75) is 6.92 Å². The summed E-state index contributed by atoms with van der Waals surface area (Å²) in [6.07, 6.45) is 5.62. The lowest BCUT2D eigenvalue weighted by molar-refractivity contribution is 0.313. The molecule has 6 heteroatoms. The Morgan fingerprint density at radius 1 is 0.879 bits per heavy atom. The van der Waals surface area contributed by atoms with E-state index in [0.29, 0.717) is 0 Å². The normalized spacial score (nSPS) is 14.0. The van der Waals surface area contributed by atoms with Crippen molar-refractivity contribution < 1.29 is 4.39 Å². The minimum absolute atomic E-state index is 0.113. The average Bonchev–Trinajstić information content (AvgIpc) is 3.42. The molecule has 5 rings (SSSR count). The van der Waals surface area contributed by atoms with Gasteiger partial charge in [0.15, 0.2) is 0 Å². The number of halogens is 2. The van der Waals surface area contributed by atoms with Crippen LogP contribution in [0.15, 0.2) is 79.3 Å². The molecule has 0 amide bonds. The van der Waals surface area contributed by atoms with Gasteiger partial charge in [0, 0.05) is 61.6 Å². The van der Waals surface area contributed by atoms with E-state index in [1.165, 1.54) is 11.8 Å². The fourth-order valence-electron chi connectivity index (χ4n) is 3.89. The lowest BCUT2D eigenvalue weighted by Crippen LogP contribution is -2.44. The summed E-state index contributed by atoms with van der Waals surface area (Å²) in [5.74, 6) is -0.417. The number of likely N-dealkylation sites (N-methyl/N-ethyl adjacent to an activating group) is 1. The van der Waals surface area contributed by atoms with Crippen molar-refractivity contribution in [3.8, 4) is 22.4 Å². The van der Waals surface area contributed by atoms with Gasteiger partial charge >= 0.3 is 0 Å². The Morgan fingerprint density at radius 3 is 2.12 bits per heavy atom. The number of piperazine rings is 1. The zero-order valence-corrected chi connectivity index (χ0v) is 19.7. The summed E-state index contributed by atoms with van der Waals surface area (Å²) >= 11 is 5.92. The predicted octanol–water partition coefficient (Wildman–Crippen LogP) is 6.28. The Kier molecular flexibility index (Phi) is 7.43. The van der Waals surface area contributed by atoms with E-state index in [2.05, 4.69) is 57.1 Å². The van der Waals surface area contributed by atoms with Gasteiger partial charge in [-0.05, 0) is 73.6 Å². The van der Waals surface area contributed by atoms with Gasteiger partial charge in [0.25, 0.3) is 0 Å². The van der Waals surface area contributed by atoms with E-state index < -0.39 is 5.82 Å². The highest BCUT2D eigenvalue weighted by molar-refractivity contribution is 6.31. The van der Waals surface area contributed by atoms with Crippen LogP contribution in [0.25, 0.3) is 22.4 Å². The van der Waals surface area contributed by atoms with Gasteiger partial charge in [-0.1, -0.05) is 23.7 Å². The van der Waals surface area contributed by atoms with Crippen molar-refractivity contribution in [3.05, 3.63) is 95.7 Å². The maximum atomic E-state index is 13.4. The van der Waals surface area contributed by atoms with Crippen LogP contribution in [-0.4, -0.2) is 48.1 Å². The lowest BCUT2D eigenvalue weighted by atomic mass is 10.0. The van der Waals surface area contributed by atoms with E-state index in [1.807, 2.05) is 37.6 Å². The SMILES string of the molecule is Cc1cc(-c2ccc(N3CCN(C)CC3)cc2)cnc1-c1ccc(F)c(Cl)c1.c1cc[nH]c1. The largest absolute Gasteiger partial charge is 0.369 e. The lowest BCUT2D eigenvalue weighted by Gasteiger charge is -2.34. The molecule has 0 saturated carbocycles. The number of pyridine rings is 1. The van der Waals surface area contributed by atoms with Crippen molar-refractivity contribution in [1.29, 1.82) is 0 Å². The van der Waals surface area contributed by atoms with E-state index in [4.69, 9.17) is 11.6 Å². The molecule has 4 aromatic rings. The van der Waals surface area contributed by atoms with Crippen LogP contribution in [0.3, 0.4) is 0 Å². The van der Waals surface area contributed by atoms with Crippen LogP contribution >= 0.6 is 11.6 Å². The number of nitrogens with zero attached hydrogens (tertiary/aromatic N) is 3. The molecule has 0 unspecified atom stereocenters. The van der Waals surface area contributed by atoms with Crippen molar-refractivity contribution in [2.75, 3.05) is 38.1 Å². The molecule has 0 radical (unpaired) electrons. The zero-order chi connectivity index (χ0) is 23.2. The second-order valence-corrected chi connectivity index (χ2v) is 8.65. The molecule has 170 valence electrons. The van der Waals surface area contributed by atoms with Gasteiger partial charge in [0.05, 0.1) is 10.7 Å². The molecule has 1 N–H and O–H groups in total. The quantitative estimate of drug-likeness (QED) is 0.389. The Morgan fingerprint density at radius 2 is 1.55 bits per heavy atom. The summed E-state index contributed by atoms with van der Waals surface area (Å²) in [5.41, 5.74) is 6.14. The van der Waals surface area contributed by atoms with Crippen molar-refractivity contribution in [3.63, 3.8) is 0 Å². The molecule has 1 saturated heterocycles. The Bertz CT molecular complexity index is 1150. The van der Waals surface area contributed by atoms with E-state index in [0.717, 1.165) is 54.1 Å². The van der Waals surface area contributed by atoms with Gasteiger partial charge < -0.3 is 14.8 Å². The molecule has 2 aromatic carbocycles. The number of hydrogen-bond donors (Lipinski definition) is 1. The van der Waals surface area contributed by atoms with Crippen LogP contribution in [0.2, 0.25) is 5.02 Å². The highest BCUT2D eigenvalue weighted by Gasteiger charge is 2.14. The second kappa shape index (κ2) is 10.6. The predicted molar refractivity (Wildman–Crippen MR) is 135 cm³/mol. The van der Waals surface area contributed by atoms with Crippen molar-refractivity contribution >= 4 is 17.3 Å². The highest BCUT2D eigenvalue weighted by atomic mass is 35.5. The standard InChI is InChI=1S/C23H23ClFN3.C4H5N/c1-16-13-19(15-26-23(16)18-5-8-22(25)21(24)14-18)17-3-6-20(7-4-17)28-11-9-27(2)10-12-28;1-2-4-5-3-1/h3-8,13-15H,9-12H2,1-2H3;1-5H. The fraction of sp³-hybridized carbons (Fsp3) is 0.222. The molecule has 0 spiro atoms. The molecule has 4 nitrogen and oxygen atoms in total. The minimum Gasteiger partial charge on any atom is -0.369 e. The van der Waals surface area contributed by atoms with Crippen LogP contribution in [0.1, 0.15) is 5.56 Å². The molecule has 2 aromatic heterocycles. The Hall–Kier alpha value is -3.15. The van der Waals surface area contributed by atoms with E-state index >= 15 is 0 Å². The van der Waals surface area contributed by atoms with Crippen LogP contribution in [0.4, 0.5) is 10.1 Å². The number of nitrogens with one attached hydrogen (secondary N) is 1. The Balaban J connectivity index is 0.000000459. The molecule has 1 aliphatic heterocycles. The molecule has 1 fully saturated rings. The first-order valence-electron chi connectivity index (χ1n) is 11.0. The molecule has 3 heterocycles. The number of anilines is 1. The maximum Gasteiger partial charge on any atom is 0.141 e. The van der Waals surface area contributed by atoms with Gasteiger partial charge in [-0.3, -0.25) is 4.98 Å². The van der Waals surface area contributed by atoms with E-state index in [9.17, 15) is 4.39 Å². The first kappa shape index (κ1) is 23.0. The third-order valence-electron chi connectivity index (χ3n) is 5.84. The number of rotatable bonds is 3. The van der Waals surface area contributed by atoms with Crippen LogP contribution in [0.5, 0.6) is 0 Å². The summed E-state index contributed by atoms with van der Waals surface area (Å²) in [6.45, 7) is 6.33. The van der Waals surface area contributed by atoms with E-state index in [-0.39, 0.29) is 5.02 Å². The average molecular weight is 463 g/mol. The zero-order valence-electron chi connectivity index (χ0n) is 18.9. The monoisotopic (exact) mass is 462 g/mol. The molecule has 33 heavy (non-hydrogen) atoms. The van der Waals surface area contributed by atoms with Gasteiger partial charge in [-0.15, -0.1) is 0 Å². The topological polar surface area (TPSA) is 35.2 Å². The molecule has 1 aliphatic rings. The number of H-pyrrole nitrogens is 1. The maximum absolute atomic E-state index is 13.4. The summed E-state index contributed by atoms with van der Waals surface area (Å²) < 4.78 is 13.4. The number of aryl methyl sites for hydroxylation is 1. The number of aromatic nitrogens is 2. The summed E-state index contributed by atoms with van der Waals surface area (Å²) in [4.78, 5) is 12.3. The van der Waals surface area contributed by atoms with Gasteiger partial charge in [-0.2, -0.15) is 0 Å².